The van der Waals surface area contributed by atoms with Gasteiger partial charge in [0.1, 0.15) is 0 Å². The summed E-state index contributed by atoms with van der Waals surface area (Å²) < 4.78 is 2.47. The van der Waals surface area contributed by atoms with Crippen molar-refractivity contribution in [2.45, 2.75) is 0 Å². The zero-order valence-electron chi connectivity index (χ0n) is 20.2. The second-order valence-corrected chi connectivity index (χ2v) is 9.71. The first-order chi connectivity index (χ1) is 18.4. The Hall–Kier alpha value is -4.88. The fourth-order valence-corrected chi connectivity index (χ4v) is 6.24. The second-order valence-electron chi connectivity index (χ2n) is 9.71. The molecule has 0 aliphatic carbocycles. The largest absolute Gasteiger partial charge is 0.308 e. The maximum Gasteiger partial charge on any atom is 0.0619 e. The first kappa shape index (κ1) is 20.3. The van der Waals surface area contributed by atoms with Gasteiger partial charge < -0.3 is 4.57 Å². The predicted molar refractivity (Wildman–Crippen MR) is 159 cm³/mol. The van der Waals surface area contributed by atoms with E-state index < -0.39 is 0 Å². The van der Waals surface area contributed by atoms with E-state index in [9.17, 15) is 0 Å². The number of para-hydroxylation sites is 2. The summed E-state index contributed by atoms with van der Waals surface area (Å²) >= 11 is 0. The first-order valence-corrected chi connectivity index (χ1v) is 12.8. The van der Waals surface area contributed by atoms with Crippen molar-refractivity contribution in [3.8, 4) is 16.8 Å². The standard InChI is InChI=1S/C36H23N/c1-2-14-25-24(12-1)13-11-21-28(25)35-29-17-3-5-19-31(29)36(32-20-6-4-18-30(32)35)37-33-22-9-7-15-26(33)27-16-8-10-23-34(27)37/h1-23H. The minimum Gasteiger partial charge on any atom is -0.308 e. The van der Waals surface area contributed by atoms with Crippen LogP contribution < -0.4 is 0 Å². The third-order valence-electron chi connectivity index (χ3n) is 7.77. The van der Waals surface area contributed by atoms with Crippen LogP contribution in [0.5, 0.6) is 0 Å². The molecular weight excluding hydrogens is 446 g/mol. The maximum absolute atomic E-state index is 2.47. The number of rotatable bonds is 2. The number of aromatic nitrogens is 1. The fourth-order valence-electron chi connectivity index (χ4n) is 6.24. The van der Waals surface area contributed by atoms with Crippen LogP contribution in [0.4, 0.5) is 0 Å². The Morgan fingerprint density at radius 1 is 0.324 bits per heavy atom. The molecule has 0 N–H and O–H groups in total. The SMILES string of the molecule is c1ccc2c(-c3c4ccccc4c(-n4c5ccccc5c5ccccc54)c4ccccc34)cccc2c1. The van der Waals surface area contributed by atoms with Crippen LogP contribution >= 0.6 is 0 Å². The van der Waals surface area contributed by atoms with Gasteiger partial charge in [0.2, 0.25) is 0 Å². The summed E-state index contributed by atoms with van der Waals surface area (Å²) in [4.78, 5) is 0. The van der Waals surface area contributed by atoms with E-state index in [4.69, 9.17) is 0 Å². The van der Waals surface area contributed by atoms with Crippen LogP contribution in [0.1, 0.15) is 0 Å². The molecule has 7 aromatic carbocycles. The minimum absolute atomic E-state index is 1.23. The molecule has 1 heterocycles. The monoisotopic (exact) mass is 469 g/mol. The summed E-state index contributed by atoms with van der Waals surface area (Å²) in [7, 11) is 0. The Morgan fingerprint density at radius 3 is 1.35 bits per heavy atom. The highest BCUT2D eigenvalue weighted by Gasteiger charge is 2.20. The molecular formula is C36H23N. The van der Waals surface area contributed by atoms with Crippen LogP contribution in [0.15, 0.2) is 140 Å². The van der Waals surface area contributed by atoms with Crippen LogP contribution in [0.3, 0.4) is 0 Å². The molecule has 0 aliphatic heterocycles. The number of nitrogens with zero attached hydrogens (tertiary/aromatic N) is 1. The Balaban J connectivity index is 1.62. The normalized spacial score (nSPS) is 11.8. The van der Waals surface area contributed by atoms with Crippen LogP contribution in [-0.4, -0.2) is 4.57 Å². The fraction of sp³-hybridized carbons (Fsp3) is 0. The van der Waals surface area contributed by atoms with Crippen molar-refractivity contribution in [3.05, 3.63) is 140 Å². The summed E-state index contributed by atoms with van der Waals surface area (Å²) in [5.74, 6) is 0. The smallest absolute Gasteiger partial charge is 0.0619 e. The molecule has 0 bridgehead atoms. The molecule has 0 amide bonds. The zero-order valence-corrected chi connectivity index (χ0v) is 20.2. The molecule has 0 aliphatic rings. The Labute approximate surface area is 214 Å². The number of hydrogen-bond acceptors (Lipinski definition) is 0. The van der Waals surface area contributed by atoms with Crippen molar-refractivity contribution in [1.82, 2.24) is 4.57 Å². The number of fused-ring (bicyclic) bond motifs is 6. The molecule has 0 atom stereocenters. The van der Waals surface area contributed by atoms with E-state index in [0.29, 0.717) is 0 Å². The lowest BCUT2D eigenvalue weighted by Crippen LogP contribution is -1.99. The lowest BCUT2D eigenvalue weighted by Gasteiger charge is -2.20. The summed E-state index contributed by atoms with van der Waals surface area (Å²) in [6.07, 6.45) is 0. The number of benzene rings is 7. The van der Waals surface area contributed by atoms with E-state index in [1.807, 2.05) is 0 Å². The van der Waals surface area contributed by atoms with Gasteiger partial charge in [0.05, 0.1) is 16.7 Å². The summed E-state index contributed by atoms with van der Waals surface area (Å²) in [5.41, 5.74) is 6.29. The second kappa shape index (κ2) is 7.81. The van der Waals surface area contributed by atoms with Gasteiger partial charge in [-0.1, -0.05) is 127 Å². The Morgan fingerprint density at radius 2 is 0.757 bits per heavy atom. The maximum atomic E-state index is 2.47. The topological polar surface area (TPSA) is 4.93 Å². The van der Waals surface area contributed by atoms with E-state index in [0.717, 1.165) is 0 Å². The highest BCUT2D eigenvalue weighted by Crippen LogP contribution is 2.45. The van der Waals surface area contributed by atoms with Crippen molar-refractivity contribution in [1.29, 1.82) is 0 Å². The third kappa shape index (κ3) is 2.86. The van der Waals surface area contributed by atoms with Gasteiger partial charge in [-0.05, 0) is 44.8 Å². The molecule has 1 heteroatoms. The zero-order chi connectivity index (χ0) is 24.3. The highest BCUT2D eigenvalue weighted by molar-refractivity contribution is 6.22. The van der Waals surface area contributed by atoms with Crippen LogP contribution in [-0.2, 0) is 0 Å². The Kier molecular flexibility index (Phi) is 4.29. The molecule has 37 heavy (non-hydrogen) atoms. The molecule has 1 nitrogen and oxygen atoms in total. The van der Waals surface area contributed by atoms with Crippen molar-refractivity contribution >= 4 is 54.1 Å². The van der Waals surface area contributed by atoms with E-state index >= 15 is 0 Å². The lowest BCUT2D eigenvalue weighted by atomic mass is 9.88. The Bertz CT molecular complexity index is 2030. The average molecular weight is 470 g/mol. The molecule has 0 saturated carbocycles. The van der Waals surface area contributed by atoms with Crippen LogP contribution in [0.2, 0.25) is 0 Å². The minimum atomic E-state index is 1.23. The van der Waals surface area contributed by atoms with E-state index in [-0.39, 0.29) is 0 Å². The van der Waals surface area contributed by atoms with Crippen LogP contribution in [0.25, 0.3) is 70.9 Å². The molecule has 1 aromatic heterocycles. The van der Waals surface area contributed by atoms with Gasteiger partial charge in [0, 0.05) is 21.5 Å². The van der Waals surface area contributed by atoms with Gasteiger partial charge in [-0.2, -0.15) is 0 Å². The average Bonchev–Trinajstić information content (AvgIpc) is 3.30. The van der Waals surface area contributed by atoms with Crippen molar-refractivity contribution < 1.29 is 0 Å². The molecule has 0 radical (unpaired) electrons. The molecule has 172 valence electrons. The molecule has 0 fully saturated rings. The van der Waals surface area contributed by atoms with Crippen LogP contribution in [0, 0.1) is 0 Å². The molecule has 0 unspecified atom stereocenters. The first-order valence-electron chi connectivity index (χ1n) is 12.8. The molecule has 0 spiro atoms. The van der Waals surface area contributed by atoms with Crippen molar-refractivity contribution in [2.75, 3.05) is 0 Å². The summed E-state index contributed by atoms with van der Waals surface area (Å²) in [5, 5.41) is 10.2. The highest BCUT2D eigenvalue weighted by atomic mass is 15.0. The van der Waals surface area contributed by atoms with E-state index in [1.54, 1.807) is 0 Å². The van der Waals surface area contributed by atoms with Gasteiger partial charge in [0.15, 0.2) is 0 Å². The van der Waals surface area contributed by atoms with Gasteiger partial charge >= 0.3 is 0 Å². The third-order valence-corrected chi connectivity index (χ3v) is 7.77. The van der Waals surface area contributed by atoms with Gasteiger partial charge in [-0.3, -0.25) is 0 Å². The molecule has 8 aromatic rings. The summed E-state index contributed by atoms with van der Waals surface area (Å²) in [6, 6.07) is 50.7. The van der Waals surface area contributed by atoms with Gasteiger partial charge in [-0.15, -0.1) is 0 Å². The molecule has 8 rings (SSSR count). The van der Waals surface area contributed by atoms with E-state index in [2.05, 4.69) is 144 Å². The number of hydrogen-bond donors (Lipinski definition) is 0. The van der Waals surface area contributed by atoms with Crippen molar-refractivity contribution in [3.63, 3.8) is 0 Å². The van der Waals surface area contributed by atoms with Gasteiger partial charge in [0.25, 0.3) is 0 Å². The van der Waals surface area contributed by atoms with Crippen molar-refractivity contribution in [2.24, 2.45) is 0 Å². The predicted octanol–water partition coefficient (Wildman–Crippen LogP) is 9.91. The summed E-state index contributed by atoms with van der Waals surface area (Å²) in [6.45, 7) is 0. The van der Waals surface area contributed by atoms with Gasteiger partial charge in [-0.25, -0.2) is 0 Å². The quantitative estimate of drug-likeness (QED) is 0.222. The molecule has 0 saturated heterocycles. The lowest BCUT2D eigenvalue weighted by molar-refractivity contribution is 1.21. The van der Waals surface area contributed by atoms with E-state index in [1.165, 1.54) is 70.9 Å².